The highest BCUT2D eigenvalue weighted by Crippen LogP contribution is 2.28. The van der Waals surface area contributed by atoms with Crippen molar-refractivity contribution in [2.24, 2.45) is 0 Å². The van der Waals surface area contributed by atoms with Gasteiger partial charge in [0.2, 0.25) is 5.91 Å². The van der Waals surface area contributed by atoms with Crippen LogP contribution in [0.4, 0.5) is 0 Å². The summed E-state index contributed by atoms with van der Waals surface area (Å²) in [5.74, 6) is 0.487. The van der Waals surface area contributed by atoms with Gasteiger partial charge in [-0.25, -0.2) is 4.79 Å². The number of carbonyl (C=O) groups excluding carboxylic acids is 1. The van der Waals surface area contributed by atoms with Gasteiger partial charge >= 0.3 is 5.69 Å². The first-order chi connectivity index (χ1) is 11.2. The normalized spacial score (nSPS) is 17.3. The summed E-state index contributed by atoms with van der Waals surface area (Å²) in [5, 5.41) is 9.88. The monoisotopic (exact) mass is 337 g/mol. The molecule has 1 fully saturated rings. The number of amides is 1. The molecule has 0 radical (unpaired) electrons. The molecule has 1 aliphatic heterocycles. The molecule has 0 saturated carbocycles. The highest BCUT2D eigenvalue weighted by Gasteiger charge is 2.22. The van der Waals surface area contributed by atoms with Crippen LogP contribution in [-0.2, 0) is 24.2 Å². The number of aliphatic hydroxyl groups is 1. The molecule has 1 aromatic heterocycles. The second kappa shape index (κ2) is 7.49. The van der Waals surface area contributed by atoms with Gasteiger partial charge in [0.25, 0.3) is 0 Å². The molecular formula is C16H23N3O3S. The number of aromatic nitrogens is 2. The van der Waals surface area contributed by atoms with Crippen LogP contribution in [0.15, 0.2) is 9.82 Å². The maximum Gasteiger partial charge on any atom is 0.348 e. The third-order valence-corrected chi connectivity index (χ3v) is 5.57. The Morgan fingerprint density at radius 3 is 2.65 bits per heavy atom. The van der Waals surface area contributed by atoms with E-state index in [-0.39, 0.29) is 18.2 Å². The highest BCUT2D eigenvalue weighted by molar-refractivity contribution is 7.99. The zero-order valence-electron chi connectivity index (χ0n) is 13.3. The Morgan fingerprint density at radius 2 is 1.91 bits per heavy atom. The lowest BCUT2D eigenvalue weighted by molar-refractivity contribution is -0.127. The van der Waals surface area contributed by atoms with Crippen molar-refractivity contribution in [1.82, 2.24) is 14.5 Å². The number of likely N-dealkylation sites (tertiary alicyclic amines) is 1. The second-order valence-corrected chi connectivity index (χ2v) is 7.05. The summed E-state index contributed by atoms with van der Waals surface area (Å²) in [6.07, 6.45) is 6.05. The number of rotatable bonds is 5. The standard InChI is InChI=1S/C16H23N3O3S/c20-10-9-19-13-6-2-1-5-12(13)15(17-16(19)22)23-11-14(21)18-7-3-4-8-18/h20H,1-11H2. The van der Waals surface area contributed by atoms with Crippen molar-refractivity contribution in [3.05, 3.63) is 21.7 Å². The van der Waals surface area contributed by atoms with Crippen molar-refractivity contribution in [2.75, 3.05) is 25.4 Å². The molecule has 126 valence electrons. The summed E-state index contributed by atoms with van der Waals surface area (Å²) in [5.41, 5.74) is 1.79. The van der Waals surface area contributed by atoms with Crippen LogP contribution in [0.25, 0.3) is 0 Å². The molecule has 1 saturated heterocycles. The van der Waals surface area contributed by atoms with Crippen molar-refractivity contribution >= 4 is 17.7 Å². The summed E-state index contributed by atoms with van der Waals surface area (Å²) in [7, 11) is 0. The number of carbonyl (C=O) groups is 1. The van der Waals surface area contributed by atoms with Gasteiger partial charge in [0.05, 0.1) is 18.9 Å². The van der Waals surface area contributed by atoms with Gasteiger partial charge in [-0.1, -0.05) is 11.8 Å². The summed E-state index contributed by atoms with van der Waals surface area (Å²) < 4.78 is 1.60. The van der Waals surface area contributed by atoms with Gasteiger partial charge in [-0.05, 0) is 38.5 Å². The van der Waals surface area contributed by atoms with Gasteiger partial charge in [-0.2, -0.15) is 4.98 Å². The molecule has 0 bridgehead atoms. The molecule has 23 heavy (non-hydrogen) atoms. The maximum absolute atomic E-state index is 12.2. The number of fused-ring (bicyclic) bond motifs is 1. The number of nitrogens with zero attached hydrogens (tertiary/aromatic N) is 3. The van der Waals surface area contributed by atoms with Crippen molar-refractivity contribution < 1.29 is 9.90 Å². The first kappa shape index (κ1) is 16.5. The molecule has 1 N–H and O–H groups in total. The van der Waals surface area contributed by atoms with Crippen LogP contribution in [0.1, 0.15) is 36.9 Å². The van der Waals surface area contributed by atoms with E-state index in [0.717, 1.165) is 62.9 Å². The van der Waals surface area contributed by atoms with E-state index in [2.05, 4.69) is 4.98 Å². The molecule has 6 nitrogen and oxygen atoms in total. The quantitative estimate of drug-likeness (QED) is 0.636. The average Bonchev–Trinajstić information content (AvgIpc) is 3.10. The van der Waals surface area contributed by atoms with Crippen molar-refractivity contribution in [3.63, 3.8) is 0 Å². The number of hydrogen-bond donors (Lipinski definition) is 1. The Kier molecular flexibility index (Phi) is 5.38. The fourth-order valence-corrected chi connectivity index (χ4v) is 4.37. The van der Waals surface area contributed by atoms with Crippen LogP contribution < -0.4 is 5.69 Å². The SMILES string of the molecule is O=C(CSc1nc(=O)n(CCO)c2c1CCCC2)N1CCCC1. The smallest absolute Gasteiger partial charge is 0.348 e. The van der Waals surface area contributed by atoms with E-state index in [1.165, 1.54) is 11.8 Å². The van der Waals surface area contributed by atoms with Crippen LogP contribution in [-0.4, -0.2) is 50.9 Å². The van der Waals surface area contributed by atoms with E-state index in [9.17, 15) is 9.59 Å². The third kappa shape index (κ3) is 3.61. The molecule has 0 atom stereocenters. The molecule has 1 aromatic rings. The molecule has 7 heteroatoms. The van der Waals surface area contributed by atoms with Gasteiger partial charge in [-0.15, -0.1) is 0 Å². The molecule has 1 amide bonds. The van der Waals surface area contributed by atoms with Crippen LogP contribution in [0, 0.1) is 0 Å². The number of thioether (sulfide) groups is 1. The van der Waals surface area contributed by atoms with Crippen LogP contribution in [0.2, 0.25) is 0 Å². The van der Waals surface area contributed by atoms with E-state index in [4.69, 9.17) is 5.11 Å². The Balaban J connectivity index is 1.80. The number of hydrogen-bond acceptors (Lipinski definition) is 5. The predicted molar refractivity (Wildman–Crippen MR) is 88.8 cm³/mol. The Morgan fingerprint density at radius 1 is 1.17 bits per heavy atom. The van der Waals surface area contributed by atoms with Crippen molar-refractivity contribution in [3.8, 4) is 0 Å². The zero-order valence-corrected chi connectivity index (χ0v) is 14.1. The van der Waals surface area contributed by atoms with Crippen molar-refractivity contribution in [1.29, 1.82) is 0 Å². The second-order valence-electron chi connectivity index (χ2n) is 6.08. The van der Waals surface area contributed by atoms with Crippen LogP contribution >= 0.6 is 11.8 Å². The Bertz CT molecular complexity index is 638. The average molecular weight is 337 g/mol. The van der Waals surface area contributed by atoms with Gasteiger partial charge in [-0.3, -0.25) is 9.36 Å². The largest absolute Gasteiger partial charge is 0.395 e. The predicted octanol–water partition coefficient (Wildman–Crippen LogP) is 0.829. The molecule has 0 aromatic carbocycles. The van der Waals surface area contributed by atoms with Gasteiger partial charge in [0.15, 0.2) is 0 Å². The zero-order chi connectivity index (χ0) is 16.2. The van der Waals surface area contributed by atoms with Gasteiger partial charge in [0.1, 0.15) is 5.03 Å². The summed E-state index contributed by atoms with van der Waals surface area (Å²) in [6, 6.07) is 0. The minimum absolute atomic E-state index is 0.0615. The molecule has 0 spiro atoms. The third-order valence-electron chi connectivity index (χ3n) is 4.57. The minimum atomic E-state index is -0.309. The number of aliphatic hydroxyl groups excluding tert-OH is 1. The summed E-state index contributed by atoms with van der Waals surface area (Å²) in [4.78, 5) is 30.5. The lowest BCUT2D eigenvalue weighted by atomic mass is 9.97. The molecular weight excluding hydrogens is 314 g/mol. The van der Waals surface area contributed by atoms with Gasteiger partial charge in [0, 0.05) is 24.3 Å². The molecule has 1 aliphatic carbocycles. The van der Waals surface area contributed by atoms with Crippen LogP contribution in [0.5, 0.6) is 0 Å². The molecule has 2 aliphatic rings. The highest BCUT2D eigenvalue weighted by atomic mass is 32.2. The summed E-state index contributed by atoms with van der Waals surface area (Å²) in [6.45, 7) is 1.94. The Labute approximate surface area is 139 Å². The fourth-order valence-electron chi connectivity index (χ4n) is 3.39. The molecule has 0 unspecified atom stereocenters. The van der Waals surface area contributed by atoms with Gasteiger partial charge < -0.3 is 10.0 Å². The first-order valence-electron chi connectivity index (χ1n) is 8.34. The maximum atomic E-state index is 12.2. The van der Waals surface area contributed by atoms with E-state index < -0.39 is 0 Å². The topological polar surface area (TPSA) is 75.4 Å². The fraction of sp³-hybridized carbons (Fsp3) is 0.688. The van der Waals surface area contributed by atoms with E-state index in [1.54, 1.807) is 4.57 Å². The lowest BCUT2D eigenvalue weighted by Gasteiger charge is -2.22. The molecule has 2 heterocycles. The van der Waals surface area contributed by atoms with E-state index in [0.29, 0.717) is 17.3 Å². The minimum Gasteiger partial charge on any atom is -0.395 e. The Hall–Kier alpha value is -1.34. The first-order valence-corrected chi connectivity index (χ1v) is 9.33. The van der Waals surface area contributed by atoms with Crippen LogP contribution in [0.3, 0.4) is 0 Å². The van der Waals surface area contributed by atoms with E-state index in [1.807, 2.05) is 4.90 Å². The van der Waals surface area contributed by atoms with Crippen molar-refractivity contribution in [2.45, 2.75) is 50.1 Å². The lowest BCUT2D eigenvalue weighted by Crippen LogP contribution is -2.32. The molecule has 3 rings (SSSR count). The summed E-state index contributed by atoms with van der Waals surface area (Å²) >= 11 is 1.39. The van der Waals surface area contributed by atoms with E-state index >= 15 is 0 Å².